The first kappa shape index (κ1) is 13.5. The van der Waals surface area contributed by atoms with E-state index in [1.54, 1.807) is 12.1 Å². The summed E-state index contributed by atoms with van der Waals surface area (Å²) < 4.78 is 4.87. The molecule has 0 aliphatic heterocycles. The number of nitrogens with one attached hydrogen (secondary N) is 2. The summed E-state index contributed by atoms with van der Waals surface area (Å²) in [4.78, 5) is 23.3. The number of rotatable bonds is 2. The molecule has 0 fully saturated rings. The number of carbonyl (C=O) groups excluding carboxylic acids is 2. The van der Waals surface area contributed by atoms with Gasteiger partial charge in [-0.2, -0.15) is 0 Å². The van der Waals surface area contributed by atoms with Gasteiger partial charge in [0.15, 0.2) is 5.76 Å². The smallest absolute Gasteiger partial charge is 0.305 e. The second kappa shape index (κ2) is 5.77. The van der Waals surface area contributed by atoms with Gasteiger partial charge >= 0.3 is 5.91 Å². The normalized spacial score (nSPS) is 10.0. The van der Waals surface area contributed by atoms with E-state index in [0.29, 0.717) is 5.02 Å². The maximum absolute atomic E-state index is 11.8. The van der Waals surface area contributed by atoms with Crippen LogP contribution in [0.15, 0.2) is 41.0 Å². The van der Waals surface area contributed by atoms with Crippen molar-refractivity contribution in [3.63, 3.8) is 0 Å². The Kier molecular flexibility index (Phi) is 4.09. The predicted molar refractivity (Wildman–Crippen MR) is 70.1 cm³/mol. The molecule has 0 unspecified atom stereocenters. The molecule has 0 saturated carbocycles. The van der Waals surface area contributed by atoms with Gasteiger partial charge in [0.1, 0.15) is 0 Å². The Labute approximate surface area is 118 Å². The molecule has 98 valence electrons. The molecule has 2 aromatic rings. The molecular formula is C12H8Cl2N2O3. The van der Waals surface area contributed by atoms with E-state index in [9.17, 15) is 9.59 Å². The lowest BCUT2D eigenvalue weighted by Gasteiger charge is -2.07. The van der Waals surface area contributed by atoms with E-state index in [2.05, 4.69) is 10.9 Å². The van der Waals surface area contributed by atoms with Crippen LogP contribution in [0.25, 0.3) is 0 Å². The number of hydrazine groups is 1. The average Bonchev–Trinajstić information content (AvgIpc) is 2.92. The molecule has 0 saturated heterocycles. The van der Waals surface area contributed by atoms with Crippen LogP contribution in [0.1, 0.15) is 20.9 Å². The van der Waals surface area contributed by atoms with Gasteiger partial charge in [-0.3, -0.25) is 20.4 Å². The van der Waals surface area contributed by atoms with Crippen molar-refractivity contribution in [3.05, 3.63) is 58.0 Å². The molecule has 0 aliphatic rings. The lowest BCUT2D eigenvalue weighted by molar-refractivity contribution is 0.0831. The van der Waals surface area contributed by atoms with Crippen LogP contribution < -0.4 is 10.9 Å². The van der Waals surface area contributed by atoms with Gasteiger partial charge in [-0.1, -0.05) is 23.2 Å². The molecule has 7 heteroatoms. The minimum atomic E-state index is -0.576. The van der Waals surface area contributed by atoms with Gasteiger partial charge in [0.05, 0.1) is 16.8 Å². The molecule has 0 aliphatic carbocycles. The minimum absolute atomic E-state index is 0.0810. The summed E-state index contributed by atoms with van der Waals surface area (Å²) in [5.74, 6) is -1.07. The third-order valence-corrected chi connectivity index (χ3v) is 2.77. The van der Waals surface area contributed by atoms with Crippen LogP contribution in [0.3, 0.4) is 0 Å². The van der Waals surface area contributed by atoms with Crippen LogP contribution in [0.4, 0.5) is 0 Å². The zero-order chi connectivity index (χ0) is 13.8. The van der Waals surface area contributed by atoms with Crippen LogP contribution in [-0.4, -0.2) is 11.8 Å². The van der Waals surface area contributed by atoms with Crippen molar-refractivity contribution in [1.82, 2.24) is 10.9 Å². The molecule has 19 heavy (non-hydrogen) atoms. The highest BCUT2D eigenvalue weighted by atomic mass is 35.5. The summed E-state index contributed by atoms with van der Waals surface area (Å²) in [5.41, 5.74) is 4.57. The Morgan fingerprint density at radius 3 is 2.47 bits per heavy atom. The number of benzene rings is 1. The zero-order valence-corrected chi connectivity index (χ0v) is 11.0. The first-order valence-corrected chi connectivity index (χ1v) is 5.93. The van der Waals surface area contributed by atoms with Gasteiger partial charge < -0.3 is 4.42 Å². The summed E-state index contributed by atoms with van der Waals surface area (Å²) in [6.45, 7) is 0. The second-order valence-corrected chi connectivity index (χ2v) is 4.35. The van der Waals surface area contributed by atoms with E-state index in [0.717, 1.165) is 0 Å². The zero-order valence-electron chi connectivity index (χ0n) is 9.44. The Morgan fingerprint density at radius 2 is 1.79 bits per heavy atom. The van der Waals surface area contributed by atoms with Crippen molar-refractivity contribution in [2.75, 3.05) is 0 Å². The lowest BCUT2D eigenvalue weighted by atomic mass is 10.2. The Hall–Kier alpha value is -1.98. The molecule has 0 bridgehead atoms. The molecule has 1 aromatic heterocycles. The summed E-state index contributed by atoms with van der Waals surface area (Å²) in [6, 6.07) is 7.48. The third kappa shape index (κ3) is 3.27. The van der Waals surface area contributed by atoms with Crippen molar-refractivity contribution >= 4 is 35.0 Å². The fraction of sp³-hybridized carbons (Fsp3) is 0. The standard InChI is InChI=1S/C12H8Cl2N2O3/c13-7-3-4-9(14)8(6-7)11(17)15-16-12(18)10-2-1-5-19-10/h1-6H,(H,15,17)(H,16,18). The van der Waals surface area contributed by atoms with Crippen molar-refractivity contribution in [1.29, 1.82) is 0 Å². The molecule has 2 amide bonds. The van der Waals surface area contributed by atoms with Crippen molar-refractivity contribution in [2.24, 2.45) is 0 Å². The topological polar surface area (TPSA) is 71.3 Å². The molecule has 0 spiro atoms. The van der Waals surface area contributed by atoms with Crippen molar-refractivity contribution in [3.8, 4) is 0 Å². The maximum atomic E-state index is 11.8. The average molecular weight is 299 g/mol. The predicted octanol–water partition coefficient (Wildman–Crippen LogP) is 2.66. The molecule has 2 N–H and O–H groups in total. The summed E-state index contributed by atoms with van der Waals surface area (Å²) in [5, 5.41) is 0.598. The molecule has 0 radical (unpaired) electrons. The third-order valence-electron chi connectivity index (χ3n) is 2.21. The number of carbonyl (C=O) groups is 2. The number of hydrogen-bond donors (Lipinski definition) is 2. The second-order valence-electron chi connectivity index (χ2n) is 3.51. The Bertz CT molecular complexity index is 611. The van der Waals surface area contributed by atoms with Gasteiger partial charge in [0, 0.05) is 5.02 Å². The van der Waals surface area contributed by atoms with E-state index in [1.165, 1.54) is 24.5 Å². The first-order valence-electron chi connectivity index (χ1n) is 5.17. The van der Waals surface area contributed by atoms with Gasteiger partial charge in [0.25, 0.3) is 5.91 Å². The molecule has 1 aromatic carbocycles. The van der Waals surface area contributed by atoms with Crippen molar-refractivity contribution < 1.29 is 14.0 Å². The fourth-order valence-corrected chi connectivity index (χ4v) is 1.70. The number of amides is 2. The fourth-order valence-electron chi connectivity index (χ4n) is 1.32. The van der Waals surface area contributed by atoms with Crippen LogP contribution in [0.2, 0.25) is 10.0 Å². The van der Waals surface area contributed by atoms with E-state index >= 15 is 0 Å². The van der Waals surface area contributed by atoms with E-state index < -0.39 is 11.8 Å². The monoisotopic (exact) mass is 298 g/mol. The number of furan rings is 1. The summed E-state index contributed by atoms with van der Waals surface area (Å²) >= 11 is 11.6. The van der Waals surface area contributed by atoms with Crippen LogP contribution in [-0.2, 0) is 0 Å². The van der Waals surface area contributed by atoms with Crippen LogP contribution >= 0.6 is 23.2 Å². The maximum Gasteiger partial charge on any atom is 0.305 e. The molecule has 1 heterocycles. The van der Waals surface area contributed by atoms with E-state index in [1.807, 2.05) is 0 Å². The lowest BCUT2D eigenvalue weighted by Crippen LogP contribution is -2.41. The quantitative estimate of drug-likeness (QED) is 0.837. The molecule has 2 rings (SSSR count). The largest absolute Gasteiger partial charge is 0.459 e. The molecule has 5 nitrogen and oxygen atoms in total. The minimum Gasteiger partial charge on any atom is -0.459 e. The number of hydrogen-bond acceptors (Lipinski definition) is 3. The van der Waals surface area contributed by atoms with Gasteiger partial charge in [-0.05, 0) is 30.3 Å². The summed E-state index contributed by atoms with van der Waals surface area (Å²) in [6.07, 6.45) is 1.35. The van der Waals surface area contributed by atoms with Crippen LogP contribution in [0.5, 0.6) is 0 Å². The molecular weight excluding hydrogens is 291 g/mol. The molecule has 0 atom stereocenters. The van der Waals surface area contributed by atoms with Crippen LogP contribution in [0, 0.1) is 0 Å². The highest BCUT2D eigenvalue weighted by Crippen LogP contribution is 2.20. The first-order chi connectivity index (χ1) is 9.08. The Balaban J connectivity index is 2.02. The Morgan fingerprint density at radius 1 is 1.05 bits per heavy atom. The van der Waals surface area contributed by atoms with Gasteiger partial charge in [-0.25, -0.2) is 0 Å². The van der Waals surface area contributed by atoms with Crippen molar-refractivity contribution in [2.45, 2.75) is 0 Å². The van der Waals surface area contributed by atoms with Gasteiger partial charge in [0.2, 0.25) is 0 Å². The van der Waals surface area contributed by atoms with E-state index in [4.69, 9.17) is 27.6 Å². The van der Waals surface area contributed by atoms with Gasteiger partial charge in [-0.15, -0.1) is 0 Å². The SMILES string of the molecule is O=C(NNC(=O)c1cc(Cl)ccc1Cl)c1ccco1. The highest BCUT2D eigenvalue weighted by molar-refractivity contribution is 6.35. The summed E-state index contributed by atoms with van der Waals surface area (Å²) in [7, 11) is 0. The number of halogens is 2. The highest BCUT2D eigenvalue weighted by Gasteiger charge is 2.13. The van der Waals surface area contributed by atoms with E-state index in [-0.39, 0.29) is 16.3 Å².